The summed E-state index contributed by atoms with van der Waals surface area (Å²) in [5.41, 5.74) is 1.19. The van der Waals surface area contributed by atoms with Gasteiger partial charge in [-0.05, 0) is 13.8 Å². The highest BCUT2D eigenvalue weighted by molar-refractivity contribution is 7.23. The zero-order chi connectivity index (χ0) is 6.41. The molecule has 8 heavy (non-hydrogen) atoms. The zero-order valence-electron chi connectivity index (χ0n) is 5.18. The van der Waals surface area contributed by atoms with E-state index < -0.39 is 9.03 Å². The van der Waals surface area contributed by atoms with Gasteiger partial charge >= 0.3 is 0 Å². The molecule has 48 valence electrons. The van der Waals surface area contributed by atoms with E-state index >= 15 is 0 Å². The predicted molar refractivity (Wildman–Crippen MR) is 35.1 cm³/mol. The molecule has 0 bridgehead atoms. The molecule has 1 unspecified atom stereocenters. The Hall–Kier alpha value is 0.0900. The van der Waals surface area contributed by atoms with Gasteiger partial charge in [0.25, 0.3) is 0 Å². The van der Waals surface area contributed by atoms with Crippen LogP contribution in [0.4, 0.5) is 0 Å². The molecule has 0 fully saturated rings. The van der Waals surface area contributed by atoms with E-state index in [0.717, 1.165) is 0 Å². The first-order chi connectivity index (χ1) is 3.77. The highest BCUT2D eigenvalue weighted by Crippen LogP contribution is 1.98. The summed E-state index contributed by atoms with van der Waals surface area (Å²) in [7, 11) is -1.03. The van der Waals surface area contributed by atoms with Crippen LogP contribution >= 0.6 is 9.03 Å². The van der Waals surface area contributed by atoms with Crippen LogP contribution in [0.5, 0.6) is 0 Å². The third kappa shape index (κ3) is 6.09. The second-order valence-corrected chi connectivity index (χ2v) is 2.24. The van der Waals surface area contributed by atoms with E-state index in [2.05, 4.69) is 4.52 Å². The van der Waals surface area contributed by atoms with Crippen molar-refractivity contribution >= 4 is 9.03 Å². The van der Waals surface area contributed by atoms with Gasteiger partial charge in [0.05, 0.1) is 9.03 Å². The largest absolute Gasteiger partial charge is 0.659 e. The Morgan fingerprint density at radius 3 is 2.75 bits per heavy atom. The SMILES string of the molecule is CC(C)=CCO[PH2+][O-]. The third-order valence-corrected chi connectivity index (χ3v) is 0.984. The van der Waals surface area contributed by atoms with Crippen LogP contribution in [0.1, 0.15) is 13.8 Å². The molecule has 0 aromatic rings. The Labute approximate surface area is 51.5 Å². The second-order valence-electron chi connectivity index (χ2n) is 1.71. The van der Waals surface area contributed by atoms with E-state index in [4.69, 9.17) is 0 Å². The summed E-state index contributed by atoms with van der Waals surface area (Å²) in [4.78, 5) is 9.74. The Balaban J connectivity index is 3.03. The molecule has 0 saturated carbocycles. The van der Waals surface area contributed by atoms with Crippen molar-refractivity contribution in [3.63, 3.8) is 0 Å². The number of hydrogen-bond donors (Lipinski definition) is 0. The van der Waals surface area contributed by atoms with Gasteiger partial charge in [-0.25, -0.2) is 4.52 Å². The molecule has 0 amide bonds. The molecule has 2 nitrogen and oxygen atoms in total. The molecule has 1 atom stereocenters. The minimum atomic E-state index is -1.03. The van der Waals surface area contributed by atoms with Crippen molar-refractivity contribution in [2.24, 2.45) is 0 Å². The van der Waals surface area contributed by atoms with Gasteiger partial charge in [0.1, 0.15) is 6.61 Å². The maximum absolute atomic E-state index is 9.74. The van der Waals surface area contributed by atoms with Crippen LogP contribution in [0.25, 0.3) is 0 Å². The van der Waals surface area contributed by atoms with Crippen molar-refractivity contribution in [2.75, 3.05) is 6.61 Å². The van der Waals surface area contributed by atoms with Gasteiger partial charge in [0.15, 0.2) is 0 Å². The molecule has 0 aliphatic heterocycles. The lowest BCUT2D eigenvalue weighted by molar-refractivity contribution is -0.168. The van der Waals surface area contributed by atoms with Crippen LogP contribution in [0.15, 0.2) is 11.6 Å². The van der Waals surface area contributed by atoms with E-state index in [9.17, 15) is 4.89 Å². The number of hydrogen-bond acceptors (Lipinski definition) is 2. The van der Waals surface area contributed by atoms with Crippen LogP contribution in [0, 0.1) is 0 Å². The quantitative estimate of drug-likeness (QED) is 0.321. The summed E-state index contributed by atoms with van der Waals surface area (Å²) in [6.45, 7) is 4.44. The van der Waals surface area contributed by atoms with E-state index in [-0.39, 0.29) is 0 Å². The van der Waals surface area contributed by atoms with Crippen molar-refractivity contribution in [1.29, 1.82) is 0 Å². The highest BCUT2D eigenvalue weighted by atomic mass is 31.1. The lowest BCUT2D eigenvalue weighted by atomic mass is 10.3. The van der Waals surface area contributed by atoms with Crippen LogP contribution in [0.3, 0.4) is 0 Å². The second kappa shape index (κ2) is 5.23. The first-order valence-electron chi connectivity index (χ1n) is 2.46. The summed E-state index contributed by atoms with van der Waals surface area (Å²) in [6.07, 6.45) is 1.89. The van der Waals surface area contributed by atoms with Crippen LogP contribution in [-0.2, 0) is 4.52 Å². The number of allylic oxidation sites excluding steroid dienone is 1. The van der Waals surface area contributed by atoms with Crippen molar-refractivity contribution in [2.45, 2.75) is 13.8 Å². The molecule has 0 spiro atoms. The fourth-order valence-electron chi connectivity index (χ4n) is 0.254. The van der Waals surface area contributed by atoms with Gasteiger partial charge < -0.3 is 4.89 Å². The number of rotatable bonds is 3. The van der Waals surface area contributed by atoms with Gasteiger partial charge in [-0.15, -0.1) is 0 Å². The summed E-state index contributed by atoms with van der Waals surface area (Å²) in [5.74, 6) is 0. The van der Waals surface area contributed by atoms with E-state index in [1.807, 2.05) is 19.9 Å². The average Bonchev–Trinajstić information content (AvgIpc) is 1.66. The summed E-state index contributed by atoms with van der Waals surface area (Å²) >= 11 is 0. The molecular weight excluding hydrogens is 123 g/mol. The molecule has 0 rings (SSSR count). The van der Waals surface area contributed by atoms with E-state index in [1.165, 1.54) is 5.57 Å². The standard InChI is InChI=1S/C5H11O2P/c1-5(2)3-4-7-8-6/h3H,4,8H2,1-2H3. The van der Waals surface area contributed by atoms with Crippen LogP contribution in [0.2, 0.25) is 0 Å². The fourth-order valence-corrected chi connectivity index (χ4v) is 0.429. The zero-order valence-corrected chi connectivity index (χ0v) is 6.33. The Morgan fingerprint density at radius 2 is 2.38 bits per heavy atom. The maximum atomic E-state index is 9.74. The first kappa shape index (κ1) is 8.09. The Bertz CT molecular complexity index is 76.5. The minimum Gasteiger partial charge on any atom is -0.659 e. The summed E-state index contributed by atoms with van der Waals surface area (Å²) in [5, 5.41) is 0. The Morgan fingerprint density at radius 1 is 1.75 bits per heavy atom. The van der Waals surface area contributed by atoms with Crippen molar-refractivity contribution in [3.8, 4) is 0 Å². The van der Waals surface area contributed by atoms with Crippen LogP contribution < -0.4 is 4.89 Å². The molecule has 0 saturated heterocycles. The minimum absolute atomic E-state index is 0.487. The highest BCUT2D eigenvalue weighted by Gasteiger charge is 1.78. The molecule has 0 aliphatic rings. The maximum Gasteiger partial charge on any atom is 0.108 e. The van der Waals surface area contributed by atoms with Crippen molar-refractivity contribution < 1.29 is 9.42 Å². The van der Waals surface area contributed by atoms with Crippen molar-refractivity contribution in [3.05, 3.63) is 11.6 Å². The monoisotopic (exact) mass is 134 g/mol. The van der Waals surface area contributed by atoms with Gasteiger partial charge in [-0.2, -0.15) is 0 Å². The molecule has 0 aliphatic carbocycles. The third-order valence-electron chi connectivity index (χ3n) is 0.656. The predicted octanol–water partition coefficient (Wildman–Crippen LogP) is 0.570. The van der Waals surface area contributed by atoms with E-state index in [1.54, 1.807) is 0 Å². The molecule has 0 radical (unpaired) electrons. The van der Waals surface area contributed by atoms with Crippen molar-refractivity contribution in [1.82, 2.24) is 0 Å². The lowest BCUT2D eigenvalue weighted by Gasteiger charge is -1.92. The molecule has 0 heterocycles. The molecular formula is C5H11O2P. The smallest absolute Gasteiger partial charge is 0.108 e. The van der Waals surface area contributed by atoms with Gasteiger partial charge in [-0.3, -0.25) is 0 Å². The lowest BCUT2D eigenvalue weighted by Crippen LogP contribution is -1.86. The van der Waals surface area contributed by atoms with Gasteiger partial charge in [-0.1, -0.05) is 11.6 Å². The first-order valence-corrected chi connectivity index (χ1v) is 3.40. The summed E-state index contributed by atoms with van der Waals surface area (Å²) < 4.78 is 4.60. The molecule has 3 heteroatoms. The molecule has 0 aromatic carbocycles. The van der Waals surface area contributed by atoms with Crippen LogP contribution in [-0.4, -0.2) is 6.61 Å². The molecule has 0 aromatic heterocycles. The van der Waals surface area contributed by atoms with E-state index in [0.29, 0.717) is 6.61 Å². The average molecular weight is 134 g/mol. The Kier molecular flexibility index (Phi) is 5.29. The normalized spacial score (nSPS) is 10.4. The van der Waals surface area contributed by atoms with Gasteiger partial charge in [0, 0.05) is 0 Å². The molecule has 0 N–H and O–H groups in total. The fraction of sp³-hybridized carbons (Fsp3) is 0.600. The topological polar surface area (TPSA) is 32.3 Å². The van der Waals surface area contributed by atoms with Gasteiger partial charge in [0.2, 0.25) is 0 Å². The summed E-state index contributed by atoms with van der Waals surface area (Å²) in [6, 6.07) is 0.